The maximum atomic E-state index is 12.1. The second-order valence-corrected chi connectivity index (χ2v) is 5.80. The SMILES string of the molecule is CCOc1ccc(NC(=O)c2ccc(Cl)s2)cc1OCC. The van der Waals surface area contributed by atoms with Crippen LogP contribution in [0.2, 0.25) is 4.34 Å². The van der Waals surface area contributed by atoms with Gasteiger partial charge in [-0.3, -0.25) is 4.79 Å². The Morgan fingerprint density at radius 1 is 1.14 bits per heavy atom. The molecule has 0 atom stereocenters. The Bertz CT molecular complexity index is 627. The smallest absolute Gasteiger partial charge is 0.265 e. The zero-order chi connectivity index (χ0) is 15.2. The third kappa shape index (κ3) is 4.12. The van der Waals surface area contributed by atoms with Crippen molar-refractivity contribution in [1.82, 2.24) is 0 Å². The fourth-order valence-electron chi connectivity index (χ4n) is 1.76. The van der Waals surface area contributed by atoms with Gasteiger partial charge in [-0.05, 0) is 38.1 Å². The summed E-state index contributed by atoms with van der Waals surface area (Å²) in [5, 5.41) is 2.82. The minimum Gasteiger partial charge on any atom is -0.490 e. The van der Waals surface area contributed by atoms with Crippen molar-refractivity contribution in [3.63, 3.8) is 0 Å². The molecule has 0 saturated heterocycles. The molecular weight excluding hydrogens is 310 g/mol. The first kappa shape index (κ1) is 15.7. The van der Waals surface area contributed by atoms with Crippen LogP contribution in [0, 0.1) is 0 Å². The quantitative estimate of drug-likeness (QED) is 0.853. The maximum absolute atomic E-state index is 12.1. The van der Waals surface area contributed by atoms with Gasteiger partial charge in [0.2, 0.25) is 0 Å². The molecule has 1 aromatic heterocycles. The molecule has 0 unspecified atom stereocenters. The van der Waals surface area contributed by atoms with Crippen LogP contribution in [0.15, 0.2) is 30.3 Å². The number of hydrogen-bond donors (Lipinski definition) is 1. The van der Waals surface area contributed by atoms with Gasteiger partial charge >= 0.3 is 0 Å². The highest BCUT2D eigenvalue weighted by atomic mass is 35.5. The highest BCUT2D eigenvalue weighted by Crippen LogP contribution is 2.31. The molecule has 2 rings (SSSR count). The topological polar surface area (TPSA) is 47.6 Å². The van der Waals surface area contributed by atoms with Crippen LogP contribution in [0.3, 0.4) is 0 Å². The summed E-state index contributed by atoms with van der Waals surface area (Å²) in [5.41, 5.74) is 0.649. The third-order valence-corrected chi connectivity index (χ3v) is 3.83. The number of halogens is 1. The van der Waals surface area contributed by atoms with Crippen molar-refractivity contribution >= 4 is 34.5 Å². The highest BCUT2D eigenvalue weighted by molar-refractivity contribution is 7.18. The maximum Gasteiger partial charge on any atom is 0.265 e. The number of amides is 1. The predicted molar refractivity (Wildman–Crippen MR) is 86.1 cm³/mol. The molecule has 0 radical (unpaired) electrons. The fourth-order valence-corrected chi connectivity index (χ4v) is 2.70. The van der Waals surface area contributed by atoms with Crippen molar-refractivity contribution in [2.24, 2.45) is 0 Å². The van der Waals surface area contributed by atoms with Crippen molar-refractivity contribution in [3.05, 3.63) is 39.5 Å². The van der Waals surface area contributed by atoms with E-state index >= 15 is 0 Å². The van der Waals surface area contributed by atoms with Gasteiger partial charge in [-0.1, -0.05) is 11.6 Å². The minimum absolute atomic E-state index is 0.196. The summed E-state index contributed by atoms with van der Waals surface area (Å²) in [5.74, 6) is 1.08. The van der Waals surface area contributed by atoms with Crippen LogP contribution in [0.25, 0.3) is 0 Å². The number of ether oxygens (including phenoxy) is 2. The average Bonchev–Trinajstić information content (AvgIpc) is 2.89. The van der Waals surface area contributed by atoms with Gasteiger partial charge < -0.3 is 14.8 Å². The standard InChI is InChI=1S/C15H16ClNO3S/c1-3-19-11-6-5-10(9-12(11)20-4-2)17-15(18)13-7-8-14(16)21-13/h5-9H,3-4H2,1-2H3,(H,17,18). The Kier molecular flexibility index (Phi) is 5.47. The highest BCUT2D eigenvalue weighted by Gasteiger charge is 2.11. The van der Waals surface area contributed by atoms with E-state index in [0.717, 1.165) is 0 Å². The van der Waals surface area contributed by atoms with Crippen molar-refractivity contribution in [1.29, 1.82) is 0 Å². The van der Waals surface area contributed by atoms with Crippen LogP contribution in [-0.4, -0.2) is 19.1 Å². The van der Waals surface area contributed by atoms with Gasteiger partial charge in [0, 0.05) is 11.8 Å². The van der Waals surface area contributed by atoms with Crippen LogP contribution >= 0.6 is 22.9 Å². The molecule has 0 aliphatic heterocycles. The lowest BCUT2D eigenvalue weighted by molar-refractivity contribution is 0.103. The van der Waals surface area contributed by atoms with Crippen LogP contribution in [0.5, 0.6) is 11.5 Å². The van der Waals surface area contributed by atoms with Gasteiger partial charge in [-0.15, -0.1) is 11.3 Å². The Hall–Kier alpha value is -1.72. The predicted octanol–water partition coefficient (Wildman–Crippen LogP) is 4.45. The summed E-state index contributed by atoms with van der Waals surface area (Å²) in [6.45, 7) is 4.89. The van der Waals surface area contributed by atoms with Crippen LogP contribution in [0.1, 0.15) is 23.5 Å². The number of thiophene rings is 1. The van der Waals surface area contributed by atoms with E-state index in [0.29, 0.717) is 39.6 Å². The third-order valence-electron chi connectivity index (χ3n) is 2.60. The van der Waals surface area contributed by atoms with Gasteiger partial charge in [0.1, 0.15) is 0 Å². The van der Waals surface area contributed by atoms with Gasteiger partial charge in [-0.2, -0.15) is 0 Å². The Balaban J connectivity index is 2.16. The lowest BCUT2D eigenvalue weighted by Crippen LogP contribution is -2.10. The zero-order valence-electron chi connectivity index (χ0n) is 11.8. The summed E-state index contributed by atoms with van der Waals surface area (Å²) in [6, 6.07) is 8.71. The molecule has 1 aromatic carbocycles. The van der Waals surface area contributed by atoms with Crippen molar-refractivity contribution < 1.29 is 14.3 Å². The van der Waals surface area contributed by atoms with E-state index in [9.17, 15) is 4.79 Å². The molecule has 2 aromatic rings. The molecule has 0 aliphatic rings. The summed E-state index contributed by atoms with van der Waals surface area (Å²) in [7, 11) is 0. The molecule has 1 amide bonds. The van der Waals surface area contributed by atoms with E-state index < -0.39 is 0 Å². The zero-order valence-corrected chi connectivity index (χ0v) is 13.4. The van der Waals surface area contributed by atoms with Gasteiger partial charge in [-0.25, -0.2) is 0 Å². The Labute approximate surface area is 132 Å². The van der Waals surface area contributed by atoms with Crippen LogP contribution in [-0.2, 0) is 0 Å². The second kappa shape index (κ2) is 7.33. The Morgan fingerprint density at radius 2 is 1.86 bits per heavy atom. The number of carbonyl (C=O) groups is 1. The largest absolute Gasteiger partial charge is 0.490 e. The lowest BCUT2D eigenvalue weighted by atomic mass is 10.2. The molecule has 0 spiro atoms. The molecule has 0 saturated carbocycles. The molecule has 112 valence electrons. The summed E-state index contributed by atoms with van der Waals surface area (Å²) >= 11 is 7.07. The first-order chi connectivity index (χ1) is 10.1. The van der Waals surface area contributed by atoms with Crippen molar-refractivity contribution in [2.45, 2.75) is 13.8 Å². The van der Waals surface area contributed by atoms with Crippen molar-refractivity contribution in [2.75, 3.05) is 18.5 Å². The lowest BCUT2D eigenvalue weighted by Gasteiger charge is -2.12. The number of benzene rings is 1. The first-order valence-corrected chi connectivity index (χ1v) is 7.79. The number of anilines is 1. The van der Waals surface area contributed by atoms with Crippen LogP contribution < -0.4 is 14.8 Å². The molecule has 6 heteroatoms. The molecule has 21 heavy (non-hydrogen) atoms. The summed E-state index contributed by atoms with van der Waals surface area (Å²) in [6.07, 6.45) is 0. The molecule has 1 N–H and O–H groups in total. The molecule has 1 heterocycles. The second-order valence-electron chi connectivity index (χ2n) is 4.09. The molecule has 0 fully saturated rings. The normalized spacial score (nSPS) is 10.2. The van der Waals surface area contributed by atoms with Gasteiger partial charge in [0.05, 0.1) is 22.4 Å². The number of hydrogen-bond acceptors (Lipinski definition) is 4. The monoisotopic (exact) mass is 325 g/mol. The first-order valence-electron chi connectivity index (χ1n) is 6.60. The van der Waals surface area contributed by atoms with E-state index in [2.05, 4.69) is 5.32 Å². The average molecular weight is 326 g/mol. The van der Waals surface area contributed by atoms with Crippen LogP contribution in [0.4, 0.5) is 5.69 Å². The van der Waals surface area contributed by atoms with E-state index in [1.807, 2.05) is 13.8 Å². The number of rotatable bonds is 6. The molecular formula is C15H16ClNO3S. The molecule has 4 nitrogen and oxygen atoms in total. The van der Waals surface area contributed by atoms with E-state index in [1.165, 1.54) is 11.3 Å². The summed E-state index contributed by atoms with van der Waals surface area (Å²) < 4.78 is 11.6. The number of carbonyl (C=O) groups excluding carboxylic acids is 1. The van der Waals surface area contributed by atoms with E-state index in [4.69, 9.17) is 21.1 Å². The Morgan fingerprint density at radius 3 is 2.48 bits per heavy atom. The van der Waals surface area contributed by atoms with Gasteiger partial charge in [0.25, 0.3) is 5.91 Å². The fraction of sp³-hybridized carbons (Fsp3) is 0.267. The molecule has 0 bridgehead atoms. The van der Waals surface area contributed by atoms with Crippen molar-refractivity contribution in [3.8, 4) is 11.5 Å². The summed E-state index contributed by atoms with van der Waals surface area (Å²) in [4.78, 5) is 12.6. The van der Waals surface area contributed by atoms with E-state index in [1.54, 1.807) is 30.3 Å². The number of nitrogens with one attached hydrogen (secondary N) is 1. The van der Waals surface area contributed by atoms with Gasteiger partial charge in [0.15, 0.2) is 11.5 Å². The molecule has 0 aliphatic carbocycles. The minimum atomic E-state index is -0.196. The van der Waals surface area contributed by atoms with E-state index in [-0.39, 0.29) is 5.91 Å².